The molecule has 1 saturated carbocycles. The van der Waals surface area contributed by atoms with Gasteiger partial charge in [-0.05, 0) is 18.9 Å². The van der Waals surface area contributed by atoms with Crippen LogP contribution in [0.4, 0.5) is 0 Å². The Morgan fingerprint density at radius 2 is 1.94 bits per heavy atom. The van der Waals surface area contributed by atoms with Gasteiger partial charge in [0.05, 0.1) is 6.10 Å². The molecule has 2 aliphatic rings. The van der Waals surface area contributed by atoms with Crippen molar-refractivity contribution in [1.82, 2.24) is 5.06 Å². The van der Waals surface area contributed by atoms with Crippen LogP contribution in [-0.4, -0.2) is 24.2 Å². The lowest BCUT2D eigenvalue weighted by Crippen LogP contribution is -2.33. The highest BCUT2D eigenvalue weighted by atomic mass is 16.7. The molecule has 1 atom stereocenters. The summed E-state index contributed by atoms with van der Waals surface area (Å²) >= 11 is 0. The third-order valence-electron chi connectivity index (χ3n) is 3.66. The fraction of sp³-hybridized carbons (Fsp3) is 0.500. The van der Waals surface area contributed by atoms with E-state index in [1.807, 2.05) is 24.3 Å². The molecule has 1 amide bonds. The topological polar surface area (TPSA) is 38.8 Å². The molecule has 1 fully saturated rings. The number of amides is 1. The molecule has 0 spiro atoms. The van der Waals surface area contributed by atoms with Crippen molar-refractivity contribution in [3.63, 3.8) is 0 Å². The van der Waals surface area contributed by atoms with E-state index < -0.39 is 6.23 Å². The molecule has 1 aromatic rings. The Bertz CT molecular complexity index is 454. The van der Waals surface area contributed by atoms with Crippen LogP contribution >= 0.6 is 0 Å². The molecule has 0 radical (unpaired) electrons. The molecule has 1 unspecified atom stereocenters. The van der Waals surface area contributed by atoms with E-state index in [4.69, 9.17) is 9.57 Å². The lowest BCUT2D eigenvalue weighted by molar-refractivity contribution is -0.233. The van der Waals surface area contributed by atoms with Gasteiger partial charge in [0.15, 0.2) is 6.23 Å². The van der Waals surface area contributed by atoms with E-state index in [1.54, 1.807) is 7.11 Å². The predicted octanol–water partition coefficient (Wildman–Crippen LogP) is 2.66. The maximum atomic E-state index is 12.3. The van der Waals surface area contributed by atoms with Gasteiger partial charge < -0.3 is 4.74 Å². The molecule has 3 rings (SSSR count). The van der Waals surface area contributed by atoms with Crippen LogP contribution in [0.15, 0.2) is 24.3 Å². The zero-order chi connectivity index (χ0) is 12.5. The zero-order valence-electron chi connectivity index (χ0n) is 10.5. The molecule has 0 aromatic heterocycles. The lowest BCUT2D eigenvalue weighted by Gasteiger charge is -2.25. The number of carbonyl (C=O) groups is 1. The van der Waals surface area contributed by atoms with Gasteiger partial charge in [0, 0.05) is 18.2 Å². The van der Waals surface area contributed by atoms with Crippen molar-refractivity contribution in [1.29, 1.82) is 0 Å². The fourth-order valence-corrected chi connectivity index (χ4v) is 2.74. The van der Waals surface area contributed by atoms with Gasteiger partial charge in [-0.1, -0.05) is 31.0 Å². The third-order valence-corrected chi connectivity index (χ3v) is 3.66. The Morgan fingerprint density at radius 1 is 1.22 bits per heavy atom. The smallest absolute Gasteiger partial charge is 0.280 e. The van der Waals surface area contributed by atoms with Crippen LogP contribution in [0.3, 0.4) is 0 Å². The molecule has 96 valence electrons. The number of hydrogen-bond donors (Lipinski definition) is 0. The number of fused-ring (bicyclic) bond motifs is 1. The molecule has 1 aliphatic heterocycles. The first kappa shape index (κ1) is 11.7. The van der Waals surface area contributed by atoms with Crippen LogP contribution in [-0.2, 0) is 9.57 Å². The van der Waals surface area contributed by atoms with Crippen molar-refractivity contribution in [2.75, 3.05) is 7.11 Å². The van der Waals surface area contributed by atoms with Gasteiger partial charge in [-0.3, -0.25) is 9.63 Å². The van der Waals surface area contributed by atoms with E-state index in [-0.39, 0.29) is 12.0 Å². The van der Waals surface area contributed by atoms with Gasteiger partial charge in [-0.2, -0.15) is 5.06 Å². The molecule has 0 saturated heterocycles. The number of hydrogen-bond acceptors (Lipinski definition) is 3. The molecule has 1 heterocycles. The summed E-state index contributed by atoms with van der Waals surface area (Å²) in [6, 6.07) is 7.51. The normalized spacial score (nSPS) is 23.7. The fourth-order valence-electron chi connectivity index (χ4n) is 2.74. The van der Waals surface area contributed by atoms with E-state index in [0.29, 0.717) is 5.56 Å². The third kappa shape index (κ3) is 1.82. The molecule has 4 nitrogen and oxygen atoms in total. The Kier molecular flexibility index (Phi) is 3.06. The average molecular weight is 247 g/mol. The summed E-state index contributed by atoms with van der Waals surface area (Å²) in [6.45, 7) is 0. The number of rotatable bonds is 3. The summed E-state index contributed by atoms with van der Waals surface area (Å²) < 4.78 is 5.41. The van der Waals surface area contributed by atoms with Gasteiger partial charge >= 0.3 is 0 Å². The minimum Gasteiger partial charge on any atom is -0.355 e. The van der Waals surface area contributed by atoms with Gasteiger partial charge in [-0.15, -0.1) is 0 Å². The van der Waals surface area contributed by atoms with Crippen LogP contribution in [0, 0.1) is 0 Å². The molecular formula is C14H17NO3. The monoisotopic (exact) mass is 247 g/mol. The maximum Gasteiger partial charge on any atom is 0.280 e. The van der Waals surface area contributed by atoms with E-state index >= 15 is 0 Å². The van der Waals surface area contributed by atoms with Crippen molar-refractivity contribution >= 4 is 5.91 Å². The number of methoxy groups -OCH3 is 1. The van der Waals surface area contributed by atoms with Crippen molar-refractivity contribution in [2.45, 2.75) is 38.0 Å². The predicted molar refractivity (Wildman–Crippen MR) is 65.7 cm³/mol. The first-order valence-corrected chi connectivity index (χ1v) is 6.43. The first-order chi connectivity index (χ1) is 8.81. The summed E-state index contributed by atoms with van der Waals surface area (Å²) in [5, 5.41) is 1.40. The van der Waals surface area contributed by atoms with Crippen molar-refractivity contribution in [3.8, 4) is 0 Å². The largest absolute Gasteiger partial charge is 0.355 e. The van der Waals surface area contributed by atoms with Crippen LogP contribution in [0.1, 0.15) is 47.8 Å². The standard InChI is InChI=1S/C14H17NO3/c1-17-14-12-9-5-4-8-11(12)13(16)15(14)18-10-6-2-3-7-10/h4-5,8-10,14H,2-3,6-7H2,1H3. The minimum absolute atomic E-state index is 0.0932. The molecule has 1 aromatic carbocycles. The van der Waals surface area contributed by atoms with Gasteiger partial charge in [-0.25, -0.2) is 0 Å². The summed E-state index contributed by atoms with van der Waals surface area (Å²) in [5.74, 6) is -0.0932. The highest BCUT2D eigenvalue weighted by molar-refractivity contribution is 5.98. The summed E-state index contributed by atoms with van der Waals surface area (Å²) in [5.41, 5.74) is 1.57. The van der Waals surface area contributed by atoms with Crippen LogP contribution in [0.2, 0.25) is 0 Å². The highest BCUT2D eigenvalue weighted by Gasteiger charge is 2.39. The molecule has 0 bridgehead atoms. The summed E-state index contributed by atoms with van der Waals surface area (Å²) in [6.07, 6.45) is 4.15. The Balaban J connectivity index is 1.85. The highest BCUT2D eigenvalue weighted by Crippen LogP contribution is 2.36. The number of hydroxylamine groups is 2. The zero-order valence-corrected chi connectivity index (χ0v) is 10.5. The number of nitrogens with zero attached hydrogens (tertiary/aromatic N) is 1. The van der Waals surface area contributed by atoms with Gasteiger partial charge in [0.25, 0.3) is 5.91 Å². The van der Waals surface area contributed by atoms with E-state index in [1.165, 1.54) is 17.9 Å². The Labute approximate surface area is 106 Å². The van der Waals surface area contributed by atoms with Crippen molar-refractivity contribution in [3.05, 3.63) is 35.4 Å². The molecule has 18 heavy (non-hydrogen) atoms. The van der Waals surface area contributed by atoms with E-state index in [2.05, 4.69) is 0 Å². The van der Waals surface area contributed by atoms with Gasteiger partial charge in [0.1, 0.15) is 0 Å². The Hall–Kier alpha value is -1.39. The SMILES string of the molecule is COC1c2ccccc2C(=O)N1OC1CCCC1. The minimum atomic E-state index is -0.408. The second-order valence-electron chi connectivity index (χ2n) is 4.82. The number of ether oxygens (including phenoxy) is 1. The maximum absolute atomic E-state index is 12.3. The average Bonchev–Trinajstić information content (AvgIpc) is 2.99. The van der Waals surface area contributed by atoms with Crippen molar-refractivity contribution in [2.24, 2.45) is 0 Å². The molecule has 0 N–H and O–H groups in total. The number of benzene rings is 1. The summed E-state index contributed by atoms with van der Waals surface area (Å²) in [4.78, 5) is 18.1. The van der Waals surface area contributed by atoms with E-state index in [9.17, 15) is 4.79 Å². The van der Waals surface area contributed by atoms with Crippen LogP contribution < -0.4 is 0 Å². The van der Waals surface area contributed by atoms with Crippen molar-refractivity contribution < 1.29 is 14.4 Å². The molecular weight excluding hydrogens is 230 g/mol. The molecule has 1 aliphatic carbocycles. The number of carbonyl (C=O) groups excluding carboxylic acids is 1. The second-order valence-corrected chi connectivity index (χ2v) is 4.82. The van der Waals surface area contributed by atoms with Crippen LogP contribution in [0.5, 0.6) is 0 Å². The molecule has 4 heteroatoms. The lowest BCUT2D eigenvalue weighted by atomic mass is 10.1. The van der Waals surface area contributed by atoms with Crippen LogP contribution in [0.25, 0.3) is 0 Å². The first-order valence-electron chi connectivity index (χ1n) is 6.43. The quantitative estimate of drug-likeness (QED) is 0.824. The summed E-state index contributed by atoms with van der Waals surface area (Å²) in [7, 11) is 1.60. The second kappa shape index (κ2) is 4.71. The van der Waals surface area contributed by atoms with E-state index in [0.717, 1.165) is 18.4 Å². The van der Waals surface area contributed by atoms with Gasteiger partial charge in [0.2, 0.25) is 0 Å². The Morgan fingerprint density at radius 3 is 2.67 bits per heavy atom.